The van der Waals surface area contributed by atoms with Crippen LogP contribution in [0.15, 0.2) is 54.7 Å². The Labute approximate surface area is 159 Å². The Morgan fingerprint density at radius 2 is 1.89 bits per heavy atom. The molecule has 1 atom stereocenters. The van der Waals surface area contributed by atoms with Crippen molar-refractivity contribution >= 4 is 22.9 Å². The molecule has 2 heterocycles. The van der Waals surface area contributed by atoms with Crippen LogP contribution >= 0.6 is 0 Å². The number of anilines is 2. The molecule has 2 aromatic rings. The summed E-state index contributed by atoms with van der Waals surface area (Å²) in [4.78, 5) is 14.8. The van der Waals surface area contributed by atoms with Crippen LogP contribution in [0, 0.1) is 0 Å². The Bertz CT molecular complexity index is 876. The van der Waals surface area contributed by atoms with Crippen molar-refractivity contribution in [1.29, 1.82) is 0 Å². The molecule has 2 aliphatic rings. The number of amides is 1. The molecular weight excluding hydrogens is 338 g/mol. The minimum atomic E-state index is -0.642. The molecule has 0 radical (unpaired) electrons. The average Bonchev–Trinajstić information content (AvgIpc) is 2.96. The summed E-state index contributed by atoms with van der Waals surface area (Å²) in [7, 11) is 0. The van der Waals surface area contributed by atoms with Gasteiger partial charge in [0.2, 0.25) is 0 Å². The number of carbonyl (C=O) groups excluding carboxylic acids is 1. The fourth-order valence-electron chi connectivity index (χ4n) is 3.59. The van der Waals surface area contributed by atoms with E-state index in [0.29, 0.717) is 12.1 Å². The zero-order chi connectivity index (χ0) is 18.9. The molecule has 0 spiro atoms. The zero-order valence-corrected chi connectivity index (χ0v) is 15.5. The van der Waals surface area contributed by atoms with Gasteiger partial charge in [-0.2, -0.15) is 0 Å². The molecule has 6 nitrogen and oxygen atoms in total. The summed E-state index contributed by atoms with van der Waals surface area (Å²) >= 11 is 0. The van der Waals surface area contributed by atoms with E-state index in [1.54, 1.807) is 0 Å². The summed E-state index contributed by atoms with van der Waals surface area (Å²) < 4.78 is 0. The molecule has 0 bridgehead atoms. The van der Waals surface area contributed by atoms with Crippen LogP contribution in [0.3, 0.4) is 0 Å². The van der Waals surface area contributed by atoms with Gasteiger partial charge in [-0.3, -0.25) is 4.79 Å². The van der Waals surface area contributed by atoms with Crippen LogP contribution in [-0.2, 0) is 11.3 Å². The lowest BCUT2D eigenvalue weighted by Crippen LogP contribution is -2.62. The predicted molar refractivity (Wildman–Crippen MR) is 109 cm³/mol. The van der Waals surface area contributed by atoms with Gasteiger partial charge in [0, 0.05) is 12.7 Å². The van der Waals surface area contributed by atoms with Crippen molar-refractivity contribution in [2.45, 2.75) is 25.7 Å². The number of carbonyl (C=O) groups is 1. The first-order chi connectivity index (χ1) is 13.1. The quantitative estimate of drug-likeness (QED) is 0.592. The molecule has 6 heteroatoms. The molecule has 2 aromatic carbocycles. The van der Waals surface area contributed by atoms with E-state index in [1.165, 1.54) is 5.56 Å². The first-order valence-electron chi connectivity index (χ1n) is 9.32. The van der Waals surface area contributed by atoms with E-state index in [1.807, 2.05) is 43.5 Å². The Balaban J connectivity index is 1.57. The normalized spacial score (nSPS) is 20.4. The van der Waals surface area contributed by atoms with Gasteiger partial charge >= 0.3 is 0 Å². The maximum absolute atomic E-state index is 12.8. The van der Waals surface area contributed by atoms with Crippen LogP contribution in [0.4, 0.5) is 11.4 Å². The monoisotopic (exact) mass is 363 g/mol. The third kappa shape index (κ3) is 3.29. The number of hydrogen-bond donors (Lipinski definition) is 4. The van der Waals surface area contributed by atoms with Gasteiger partial charge in [0.15, 0.2) is 5.79 Å². The van der Waals surface area contributed by atoms with Gasteiger partial charge in [-0.1, -0.05) is 36.4 Å². The minimum absolute atomic E-state index is 0.0807. The molecule has 27 heavy (non-hydrogen) atoms. The first kappa shape index (κ1) is 17.6. The smallest absolute Gasteiger partial charge is 0.256 e. The van der Waals surface area contributed by atoms with E-state index in [-0.39, 0.29) is 5.91 Å². The highest BCUT2D eigenvalue weighted by atomic mass is 16.2. The third-order valence-corrected chi connectivity index (χ3v) is 5.03. The van der Waals surface area contributed by atoms with Crippen LogP contribution in [0.25, 0.3) is 5.57 Å². The molecule has 0 saturated carbocycles. The van der Waals surface area contributed by atoms with E-state index < -0.39 is 5.79 Å². The summed E-state index contributed by atoms with van der Waals surface area (Å²) in [5.41, 5.74) is 10.3. The Morgan fingerprint density at radius 1 is 1.11 bits per heavy atom. The Kier molecular flexibility index (Phi) is 4.59. The van der Waals surface area contributed by atoms with E-state index in [0.717, 1.165) is 36.4 Å². The van der Waals surface area contributed by atoms with Crippen molar-refractivity contribution < 1.29 is 4.79 Å². The number of hydrogen-bond acceptors (Lipinski definition) is 5. The van der Waals surface area contributed by atoms with E-state index in [2.05, 4.69) is 39.0 Å². The standard InChI is InChI=1S/C21H25N5O/c1-21-24-18-5-2-3-6-19(18)26(21)14-17(20(27)25-21)16-9-7-15(8-10-16)13-23-12-4-11-22/h2-3,5-10,14,23-24H,4,11-13,22H2,1H3,(H,25,27). The highest BCUT2D eigenvalue weighted by molar-refractivity contribution is 6.21. The minimum Gasteiger partial charge on any atom is -0.344 e. The Hall–Kier alpha value is -2.83. The second-order valence-corrected chi connectivity index (χ2v) is 7.10. The van der Waals surface area contributed by atoms with Gasteiger partial charge < -0.3 is 26.6 Å². The molecule has 1 amide bonds. The number of benzene rings is 2. The van der Waals surface area contributed by atoms with Gasteiger partial charge in [-0.15, -0.1) is 0 Å². The molecule has 4 rings (SSSR count). The lowest BCUT2D eigenvalue weighted by Gasteiger charge is -2.39. The molecule has 5 N–H and O–H groups in total. The highest BCUT2D eigenvalue weighted by Crippen LogP contribution is 2.41. The van der Waals surface area contributed by atoms with Crippen molar-refractivity contribution in [3.8, 4) is 0 Å². The van der Waals surface area contributed by atoms with E-state index in [9.17, 15) is 4.79 Å². The van der Waals surface area contributed by atoms with Crippen molar-refractivity contribution in [2.24, 2.45) is 5.73 Å². The third-order valence-electron chi connectivity index (χ3n) is 5.03. The lowest BCUT2D eigenvalue weighted by molar-refractivity contribution is -0.117. The lowest BCUT2D eigenvalue weighted by atomic mass is 10.0. The van der Waals surface area contributed by atoms with Crippen LogP contribution in [0.5, 0.6) is 0 Å². The van der Waals surface area contributed by atoms with Crippen molar-refractivity contribution in [3.63, 3.8) is 0 Å². The second kappa shape index (κ2) is 7.06. The van der Waals surface area contributed by atoms with E-state index >= 15 is 0 Å². The van der Waals surface area contributed by atoms with E-state index in [4.69, 9.17) is 5.73 Å². The van der Waals surface area contributed by atoms with Crippen LogP contribution in [0.2, 0.25) is 0 Å². The van der Waals surface area contributed by atoms with Crippen molar-refractivity contribution in [2.75, 3.05) is 23.3 Å². The molecule has 0 aliphatic carbocycles. The molecule has 140 valence electrons. The fraction of sp³-hybridized carbons (Fsp3) is 0.286. The number of para-hydroxylation sites is 2. The van der Waals surface area contributed by atoms with Gasteiger partial charge in [0.1, 0.15) is 0 Å². The summed E-state index contributed by atoms with van der Waals surface area (Å²) in [5, 5.41) is 9.85. The fourth-order valence-corrected chi connectivity index (χ4v) is 3.59. The number of rotatable bonds is 6. The molecular formula is C21H25N5O. The number of nitrogens with two attached hydrogens (primary N) is 1. The van der Waals surface area contributed by atoms with Crippen molar-refractivity contribution in [1.82, 2.24) is 10.6 Å². The van der Waals surface area contributed by atoms with Crippen molar-refractivity contribution in [3.05, 3.63) is 65.9 Å². The second-order valence-electron chi connectivity index (χ2n) is 7.10. The molecule has 0 saturated heterocycles. The first-order valence-corrected chi connectivity index (χ1v) is 9.32. The maximum atomic E-state index is 12.8. The number of nitrogens with zero attached hydrogens (tertiary/aromatic N) is 1. The zero-order valence-electron chi connectivity index (χ0n) is 15.5. The maximum Gasteiger partial charge on any atom is 0.256 e. The van der Waals surface area contributed by atoms with Crippen LogP contribution < -0.4 is 26.6 Å². The van der Waals surface area contributed by atoms with Crippen LogP contribution in [0.1, 0.15) is 24.5 Å². The number of fused-ring (bicyclic) bond motifs is 3. The number of nitrogens with one attached hydrogen (secondary N) is 3. The average molecular weight is 363 g/mol. The molecule has 0 aromatic heterocycles. The van der Waals surface area contributed by atoms with Gasteiger partial charge in [0.25, 0.3) is 5.91 Å². The molecule has 2 aliphatic heterocycles. The Morgan fingerprint density at radius 3 is 2.67 bits per heavy atom. The van der Waals surface area contributed by atoms with Crippen LogP contribution in [-0.4, -0.2) is 24.8 Å². The van der Waals surface area contributed by atoms with Gasteiger partial charge in [0.05, 0.1) is 16.9 Å². The summed E-state index contributed by atoms with van der Waals surface area (Å²) in [6.07, 6.45) is 2.90. The summed E-state index contributed by atoms with van der Waals surface area (Å²) in [6, 6.07) is 16.2. The highest BCUT2D eigenvalue weighted by Gasteiger charge is 2.43. The van der Waals surface area contributed by atoms with Gasteiger partial charge in [-0.05, 0) is 49.7 Å². The summed E-state index contributed by atoms with van der Waals surface area (Å²) in [6.45, 7) is 4.37. The predicted octanol–water partition coefficient (Wildman–Crippen LogP) is 2.20. The SMILES string of the molecule is CC12NC(=O)C(c3ccc(CNCCCN)cc3)=CN1c1ccccc1N2. The largest absolute Gasteiger partial charge is 0.344 e. The summed E-state index contributed by atoms with van der Waals surface area (Å²) in [5.74, 6) is -0.722. The topological polar surface area (TPSA) is 82.4 Å². The molecule has 1 unspecified atom stereocenters. The van der Waals surface area contributed by atoms with Gasteiger partial charge in [-0.25, -0.2) is 0 Å². The molecule has 0 fully saturated rings.